The highest BCUT2D eigenvalue weighted by Crippen LogP contribution is 2.29. The molecule has 0 radical (unpaired) electrons. The van der Waals surface area contributed by atoms with Crippen LogP contribution in [0.25, 0.3) is 0 Å². The van der Waals surface area contributed by atoms with Gasteiger partial charge in [0.25, 0.3) is 15.7 Å². The molecule has 1 unspecified atom stereocenters. The molecule has 0 aliphatic heterocycles. The molecule has 3 rings (SSSR count). The molecule has 212 valence electrons. The summed E-state index contributed by atoms with van der Waals surface area (Å²) in [5.41, 5.74) is 0.775. The zero-order valence-corrected chi connectivity index (χ0v) is 24.7. The molecule has 40 heavy (non-hydrogen) atoms. The van der Waals surface area contributed by atoms with Crippen LogP contribution in [-0.4, -0.2) is 56.8 Å². The molecule has 0 heterocycles. The van der Waals surface area contributed by atoms with Crippen molar-refractivity contribution in [2.45, 2.75) is 31.3 Å². The fraction of sp³-hybridized carbons (Fsp3) is 0.259. The van der Waals surface area contributed by atoms with E-state index in [0.29, 0.717) is 5.75 Å². The second-order valence-electron chi connectivity index (χ2n) is 8.85. The number of benzene rings is 3. The minimum atomic E-state index is -4.47. The number of nitro benzene ring substituents is 1. The number of nitrogens with zero attached hydrogens (tertiary/aromatic N) is 3. The van der Waals surface area contributed by atoms with Crippen LogP contribution >= 0.6 is 15.9 Å². The second-order valence-corrected chi connectivity index (χ2v) is 11.6. The van der Waals surface area contributed by atoms with E-state index in [-0.39, 0.29) is 28.4 Å². The molecule has 0 aromatic heterocycles. The molecule has 3 aromatic rings. The summed E-state index contributed by atoms with van der Waals surface area (Å²) in [7, 11) is -1.57. The SMILES string of the molecule is CNC(=O)C(C)N(Cc1ccc(Br)cc1)C(=O)CN(c1ccc(OC)cc1)S(=O)(=O)c1ccc(C)c([N+](=O)[O-])c1. The molecular formula is C27H29BrN4O7S. The van der Waals surface area contributed by atoms with E-state index in [1.807, 2.05) is 0 Å². The third kappa shape index (κ3) is 6.96. The van der Waals surface area contributed by atoms with E-state index in [0.717, 1.165) is 20.4 Å². The van der Waals surface area contributed by atoms with Gasteiger partial charge in [0.05, 0.1) is 22.6 Å². The van der Waals surface area contributed by atoms with Crippen molar-refractivity contribution in [2.24, 2.45) is 0 Å². The quantitative estimate of drug-likeness (QED) is 0.249. The first-order valence-corrected chi connectivity index (χ1v) is 14.3. The van der Waals surface area contributed by atoms with E-state index in [4.69, 9.17) is 4.74 Å². The fourth-order valence-corrected chi connectivity index (χ4v) is 5.63. The summed E-state index contributed by atoms with van der Waals surface area (Å²) in [6.07, 6.45) is 0. The summed E-state index contributed by atoms with van der Waals surface area (Å²) in [5.74, 6) is -0.623. The van der Waals surface area contributed by atoms with Crippen molar-refractivity contribution < 1.29 is 27.7 Å². The molecule has 0 saturated heterocycles. The molecule has 3 aromatic carbocycles. The summed E-state index contributed by atoms with van der Waals surface area (Å²) < 4.78 is 34.7. The van der Waals surface area contributed by atoms with Gasteiger partial charge in [0.15, 0.2) is 0 Å². The van der Waals surface area contributed by atoms with Gasteiger partial charge in [-0.05, 0) is 61.9 Å². The molecule has 11 nitrogen and oxygen atoms in total. The van der Waals surface area contributed by atoms with Gasteiger partial charge in [0.1, 0.15) is 18.3 Å². The minimum Gasteiger partial charge on any atom is -0.497 e. The lowest BCUT2D eigenvalue weighted by molar-refractivity contribution is -0.385. The predicted octanol–water partition coefficient (Wildman–Crippen LogP) is 4.03. The first-order chi connectivity index (χ1) is 18.9. The Morgan fingerprint density at radius 1 is 1.07 bits per heavy atom. The summed E-state index contributed by atoms with van der Waals surface area (Å²) in [6, 6.07) is 15.8. The van der Waals surface area contributed by atoms with Crippen LogP contribution in [0.15, 0.2) is 76.1 Å². The van der Waals surface area contributed by atoms with Crippen LogP contribution in [0.1, 0.15) is 18.1 Å². The normalized spacial score (nSPS) is 11.8. The Labute approximate surface area is 241 Å². The van der Waals surface area contributed by atoms with Crippen molar-refractivity contribution in [2.75, 3.05) is 25.0 Å². The topological polar surface area (TPSA) is 139 Å². The van der Waals surface area contributed by atoms with Crippen molar-refractivity contribution in [3.05, 3.63) is 92.4 Å². The van der Waals surface area contributed by atoms with Crippen molar-refractivity contribution in [3.63, 3.8) is 0 Å². The number of nitrogens with one attached hydrogen (secondary N) is 1. The third-order valence-electron chi connectivity index (χ3n) is 6.28. The molecule has 0 saturated carbocycles. The Balaban J connectivity index is 2.09. The average molecular weight is 634 g/mol. The van der Waals surface area contributed by atoms with Gasteiger partial charge in [-0.15, -0.1) is 0 Å². The van der Waals surface area contributed by atoms with Gasteiger partial charge < -0.3 is 15.0 Å². The van der Waals surface area contributed by atoms with E-state index in [1.54, 1.807) is 31.2 Å². The van der Waals surface area contributed by atoms with Crippen LogP contribution in [0.2, 0.25) is 0 Å². The summed E-state index contributed by atoms with van der Waals surface area (Å²) in [4.78, 5) is 38.1. The number of amides is 2. The number of methoxy groups -OCH3 is 1. The molecular weight excluding hydrogens is 604 g/mol. The highest BCUT2D eigenvalue weighted by molar-refractivity contribution is 9.10. The van der Waals surface area contributed by atoms with Gasteiger partial charge in [0, 0.05) is 29.7 Å². The fourth-order valence-electron chi connectivity index (χ4n) is 3.93. The third-order valence-corrected chi connectivity index (χ3v) is 8.58. The standard InChI is InChI=1S/C27H29BrN4O7S/c1-18-5-14-24(15-25(18)32(35)36)40(37,38)31(22-10-12-23(39-4)13-11-22)17-26(33)30(19(2)27(34)29-3)16-20-6-8-21(28)9-7-20/h5-15,19H,16-17H2,1-4H3,(H,29,34). The van der Waals surface area contributed by atoms with Crippen LogP contribution < -0.4 is 14.4 Å². The van der Waals surface area contributed by atoms with Gasteiger partial charge in [-0.25, -0.2) is 8.42 Å². The van der Waals surface area contributed by atoms with Gasteiger partial charge in [0.2, 0.25) is 11.8 Å². The predicted molar refractivity (Wildman–Crippen MR) is 154 cm³/mol. The Morgan fingerprint density at radius 3 is 2.25 bits per heavy atom. The number of likely N-dealkylation sites (N-methyl/N-ethyl adjacent to an activating group) is 1. The van der Waals surface area contributed by atoms with Crippen LogP contribution in [0.4, 0.5) is 11.4 Å². The van der Waals surface area contributed by atoms with Crippen LogP contribution in [0.5, 0.6) is 5.75 Å². The molecule has 0 bridgehead atoms. The maximum Gasteiger partial charge on any atom is 0.273 e. The lowest BCUT2D eigenvalue weighted by Crippen LogP contribution is -2.50. The lowest BCUT2D eigenvalue weighted by Gasteiger charge is -2.31. The summed E-state index contributed by atoms with van der Waals surface area (Å²) in [5, 5.41) is 14.0. The first-order valence-electron chi connectivity index (χ1n) is 12.1. The van der Waals surface area contributed by atoms with E-state index in [9.17, 15) is 28.1 Å². The van der Waals surface area contributed by atoms with Crippen LogP contribution in [0.3, 0.4) is 0 Å². The van der Waals surface area contributed by atoms with Crippen LogP contribution in [-0.2, 0) is 26.2 Å². The largest absolute Gasteiger partial charge is 0.497 e. The highest BCUT2D eigenvalue weighted by atomic mass is 79.9. The first kappa shape index (κ1) is 30.6. The number of ether oxygens (including phenoxy) is 1. The maximum absolute atomic E-state index is 13.9. The second kappa shape index (κ2) is 12.9. The molecule has 0 fully saturated rings. The monoisotopic (exact) mass is 632 g/mol. The highest BCUT2D eigenvalue weighted by Gasteiger charge is 2.33. The van der Waals surface area contributed by atoms with Gasteiger partial charge in [-0.1, -0.05) is 34.1 Å². The number of rotatable bonds is 11. The van der Waals surface area contributed by atoms with E-state index >= 15 is 0 Å². The van der Waals surface area contributed by atoms with Crippen molar-refractivity contribution in [1.29, 1.82) is 0 Å². The molecule has 0 aliphatic carbocycles. The average Bonchev–Trinajstić information content (AvgIpc) is 2.94. The number of carbonyl (C=O) groups is 2. The molecule has 0 spiro atoms. The number of carbonyl (C=O) groups excluding carboxylic acids is 2. The molecule has 2 amide bonds. The van der Waals surface area contributed by atoms with Gasteiger partial charge in [-0.3, -0.25) is 24.0 Å². The number of sulfonamides is 1. The van der Waals surface area contributed by atoms with Crippen molar-refractivity contribution in [1.82, 2.24) is 10.2 Å². The molecule has 0 aliphatic rings. The zero-order valence-electron chi connectivity index (χ0n) is 22.3. The molecule has 13 heteroatoms. The Kier molecular flexibility index (Phi) is 9.88. The van der Waals surface area contributed by atoms with E-state index in [2.05, 4.69) is 21.2 Å². The number of anilines is 1. The maximum atomic E-state index is 13.9. The van der Waals surface area contributed by atoms with Gasteiger partial charge in [-0.2, -0.15) is 0 Å². The number of hydrogen-bond donors (Lipinski definition) is 1. The summed E-state index contributed by atoms with van der Waals surface area (Å²) >= 11 is 3.37. The summed E-state index contributed by atoms with van der Waals surface area (Å²) in [6.45, 7) is 2.41. The lowest BCUT2D eigenvalue weighted by atomic mass is 10.1. The number of nitro groups is 1. The number of hydrogen-bond acceptors (Lipinski definition) is 7. The van der Waals surface area contributed by atoms with E-state index in [1.165, 1.54) is 62.4 Å². The van der Waals surface area contributed by atoms with Crippen molar-refractivity contribution >= 4 is 49.1 Å². The molecule has 1 atom stereocenters. The van der Waals surface area contributed by atoms with Crippen molar-refractivity contribution in [3.8, 4) is 5.75 Å². The van der Waals surface area contributed by atoms with Gasteiger partial charge >= 0.3 is 0 Å². The number of halogens is 1. The smallest absolute Gasteiger partial charge is 0.273 e. The Hall–Kier alpha value is -3.97. The van der Waals surface area contributed by atoms with Crippen LogP contribution in [0, 0.1) is 17.0 Å². The minimum absolute atomic E-state index is 0.0349. The Morgan fingerprint density at radius 2 is 1.70 bits per heavy atom. The molecule has 1 N–H and O–H groups in total. The Bertz CT molecular complexity index is 1500. The number of aryl methyl sites for hydroxylation is 1. The zero-order chi connectivity index (χ0) is 29.6. The van der Waals surface area contributed by atoms with E-state index < -0.39 is 39.3 Å².